The number of carboxylic acid groups (broad SMARTS) is 1. The second kappa shape index (κ2) is 12.8. The Morgan fingerprint density at radius 1 is 1.24 bits per heavy atom. The van der Waals surface area contributed by atoms with Gasteiger partial charge in [-0.25, -0.2) is 4.79 Å². The first kappa shape index (κ1) is 26.9. The van der Waals surface area contributed by atoms with Crippen molar-refractivity contribution in [2.24, 2.45) is 0 Å². The Morgan fingerprint density at radius 2 is 1.91 bits per heavy atom. The van der Waals surface area contributed by atoms with Crippen molar-refractivity contribution in [2.45, 2.75) is 31.5 Å². The Balaban J connectivity index is 0.000000479. The van der Waals surface area contributed by atoms with Gasteiger partial charge in [0.05, 0.1) is 6.10 Å². The molecule has 12 heteroatoms. The normalized spacial score (nSPS) is 18.3. The zero-order valence-electron chi connectivity index (χ0n) is 17.9. The number of piperazine rings is 1. The summed E-state index contributed by atoms with van der Waals surface area (Å²) in [5.74, 6) is -2.76. The van der Waals surface area contributed by atoms with Crippen LogP contribution in [0.4, 0.5) is 13.2 Å². The van der Waals surface area contributed by atoms with Gasteiger partial charge in [-0.05, 0) is 31.0 Å². The second-order valence-corrected chi connectivity index (χ2v) is 8.02. The van der Waals surface area contributed by atoms with Crippen LogP contribution < -0.4 is 5.32 Å². The summed E-state index contributed by atoms with van der Waals surface area (Å²) < 4.78 is 37.4. The number of hydrogen-bond donors (Lipinski definition) is 2. The molecule has 2 amide bonds. The van der Waals surface area contributed by atoms with Gasteiger partial charge in [-0.3, -0.25) is 9.59 Å². The fourth-order valence-corrected chi connectivity index (χ4v) is 3.61. The highest BCUT2D eigenvalue weighted by Gasteiger charge is 2.38. The van der Waals surface area contributed by atoms with Gasteiger partial charge in [-0.15, -0.1) is 0 Å². The standard InChI is InChI=1S/C19H26ClN3O3.C2HF3O2/c20-16-4-1-3-15(13-16)19(25)23(14-17-5-2-12-26-17)9-6-18(24)22-10-7-21-8-11-22;3-2(4,5)1(6)7/h1,3-4,13,17,21H,2,5-12,14H2;(H,6,7). The van der Waals surface area contributed by atoms with Gasteiger partial charge in [-0.1, -0.05) is 17.7 Å². The van der Waals surface area contributed by atoms with Gasteiger partial charge in [0.15, 0.2) is 0 Å². The third kappa shape index (κ3) is 9.18. The molecule has 0 aromatic heterocycles. The Bertz CT molecular complexity index is 813. The van der Waals surface area contributed by atoms with Gasteiger partial charge >= 0.3 is 12.1 Å². The van der Waals surface area contributed by atoms with Crippen LogP contribution in [0.1, 0.15) is 29.6 Å². The number of rotatable bonds is 6. The number of nitrogens with zero attached hydrogens (tertiary/aromatic N) is 2. The van der Waals surface area contributed by atoms with Crippen molar-refractivity contribution in [1.29, 1.82) is 0 Å². The summed E-state index contributed by atoms with van der Waals surface area (Å²) >= 11 is 6.03. The number of halogens is 4. The zero-order chi connectivity index (χ0) is 24.4. The Hall–Kier alpha value is -2.37. The first-order valence-corrected chi connectivity index (χ1v) is 10.9. The van der Waals surface area contributed by atoms with Gasteiger partial charge in [0, 0.05) is 62.9 Å². The molecule has 1 aromatic carbocycles. The van der Waals surface area contributed by atoms with E-state index in [1.165, 1.54) is 0 Å². The van der Waals surface area contributed by atoms with E-state index in [9.17, 15) is 22.8 Å². The van der Waals surface area contributed by atoms with Crippen LogP contribution in [0.25, 0.3) is 0 Å². The monoisotopic (exact) mass is 493 g/mol. The molecule has 1 atom stereocenters. The van der Waals surface area contributed by atoms with E-state index in [4.69, 9.17) is 26.2 Å². The lowest BCUT2D eigenvalue weighted by molar-refractivity contribution is -0.192. The van der Waals surface area contributed by atoms with Gasteiger partial charge in [-0.2, -0.15) is 13.2 Å². The lowest BCUT2D eigenvalue weighted by atomic mass is 10.1. The molecular formula is C21H27ClF3N3O5. The molecule has 3 rings (SSSR count). The van der Waals surface area contributed by atoms with E-state index in [0.29, 0.717) is 30.1 Å². The first-order valence-electron chi connectivity index (χ1n) is 10.5. The smallest absolute Gasteiger partial charge is 0.475 e. The molecule has 2 heterocycles. The average Bonchev–Trinajstić information content (AvgIpc) is 3.29. The minimum Gasteiger partial charge on any atom is -0.475 e. The van der Waals surface area contributed by atoms with Crippen molar-refractivity contribution in [3.8, 4) is 0 Å². The number of carboxylic acids is 1. The van der Waals surface area contributed by atoms with E-state index in [2.05, 4.69) is 5.32 Å². The van der Waals surface area contributed by atoms with Crippen LogP contribution in [0, 0.1) is 0 Å². The molecule has 0 radical (unpaired) electrons. The number of carbonyl (C=O) groups is 3. The number of aliphatic carboxylic acids is 1. The SMILES string of the molecule is O=C(CCN(CC1CCCO1)C(=O)c1cccc(Cl)c1)N1CCNCC1.O=C(O)C(F)(F)F. The van der Waals surface area contributed by atoms with Gasteiger partial charge < -0.3 is 25.0 Å². The zero-order valence-corrected chi connectivity index (χ0v) is 18.7. The summed E-state index contributed by atoms with van der Waals surface area (Å²) in [5.41, 5.74) is 0.546. The molecule has 2 fully saturated rings. The summed E-state index contributed by atoms with van der Waals surface area (Å²) in [5, 5.41) is 10.9. The highest BCUT2D eigenvalue weighted by molar-refractivity contribution is 6.30. The molecule has 0 saturated carbocycles. The number of nitrogens with one attached hydrogen (secondary N) is 1. The predicted molar refractivity (Wildman–Crippen MR) is 114 cm³/mol. The first-order chi connectivity index (χ1) is 15.6. The fourth-order valence-electron chi connectivity index (χ4n) is 3.42. The summed E-state index contributed by atoms with van der Waals surface area (Å²) in [4.78, 5) is 37.9. The maximum absolute atomic E-state index is 13.0. The molecule has 2 saturated heterocycles. The number of amides is 2. The molecule has 0 bridgehead atoms. The third-order valence-corrected chi connectivity index (χ3v) is 5.35. The number of alkyl halides is 3. The van der Waals surface area contributed by atoms with Crippen LogP contribution in [-0.2, 0) is 14.3 Å². The van der Waals surface area contributed by atoms with E-state index in [0.717, 1.165) is 45.6 Å². The molecule has 0 spiro atoms. The van der Waals surface area contributed by atoms with Crippen molar-refractivity contribution in [3.63, 3.8) is 0 Å². The molecular weight excluding hydrogens is 467 g/mol. The molecule has 2 aliphatic rings. The van der Waals surface area contributed by atoms with Crippen LogP contribution in [0.2, 0.25) is 5.02 Å². The molecule has 33 heavy (non-hydrogen) atoms. The largest absolute Gasteiger partial charge is 0.490 e. The van der Waals surface area contributed by atoms with Gasteiger partial charge in [0.25, 0.3) is 5.91 Å². The van der Waals surface area contributed by atoms with E-state index in [-0.39, 0.29) is 17.9 Å². The molecule has 1 aromatic rings. The van der Waals surface area contributed by atoms with Crippen molar-refractivity contribution in [3.05, 3.63) is 34.9 Å². The second-order valence-electron chi connectivity index (χ2n) is 7.58. The topological polar surface area (TPSA) is 99.2 Å². The minimum absolute atomic E-state index is 0.0485. The molecule has 8 nitrogen and oxygen atoms in total. The third-order valence-electron chi connectivity index (χ3n) is 5.11. The summed E-state index contributed by atoms with van der Waals surface area (Å²) in [6, 6.07) is 6.95. The van der Waals surface area contributed by atoms with Crippen molar-refractivity contribution in [2.75, 3.05) is 45.9 Å². The number of carbonyl (C=O) groups excluding carboxylic acids is 2. The highest BCUT2D eigenvalue weighted by atomic mass is 35.5. The van der Waals surface area contributed by atoms with E-state index < -0.39 is 12.1 Å². The summed E-state index contributed by atoms with van der Waals surface area (Å²) in [7, 11) is 0. The lowest BCUT2D eigenvalue weighted by Crippen LogP contribution is -2.47. The number of hydrogen-bond acceptors (Lipinski definition) is 5. The molecule has 2 aliphatic heterocycles. The maximum Gasteiger partial charge on any atom is 0.490 e. The lowest BCUT2D eigenvalue weighted by Gasteiger charge is -2.30. The average molecular weight is 494 g/mol. The molecule has 0 aliphatic carbocycles. The quantitative estimate of drug-likeness (QED) is 0.631. The van der Waals surface area contributed by atoms with E-state index >= 15 is 0 Å². The van der Waals surface area contributed by atoms with E-state index in [1.54, 1.807) is 29.2 Å². The van der Waals surface area contributed by atoms with Crippen LogP contribution in [-0.4, -0.2) is 90.8 Å². The summed E-state index contributed by atoms with van der Waals surface area (Å²) in [6.45, 7) is 4.76. The predicted octanol–water partition coefficient (Wildman–Crippen LogP) is 2.42. The van der Waals surface area contributed by atoms with Crippen LogP contribution in [0.15, 0.2) is 24.3 Å². The Kier molecular flexibility index (Phi) is 10.4. The minimum atomic E-state index is -5.08. The van der Waals surface area contributed by atoms with Crippen LogP contribution >= 0.6 is 11.6 Å². The number of ether oxygens (including phenoxy) is 1. The van der Waals surface area contributed by atoms with Crippen LogP contribution in [0.3, 0.4) is 0 Å². The molecule has 1 unspecified atom stereocenters. The van der Waals surface area contributed by atoms with Crippen LogP contribution in [0.5, 0.6) is 0 Å². The van der Waals surface area contributed by atoms with Crippen molar-refractivity contribution >= 4 is 29.4 Å². The number of benzene rings is 1. The van der Waals surface area contributed by atoms with E-state index in [1.807, 2.05) is 4.90 Å². The van der Waals surface area contributed by atoms with Gasteiger partial charge in [0.2, 0.25) is 5.91 Å². The molecule has 2 N–H and O–H groups in total. The Labute approximate surface area is 194 Å². The Morgan fingerprint density at radius 3 is 2.45 bits per heavy atom. The highest BCUT2D eigenvalue weighted by Crippen LogP contribution is 2.18. The van der Waals surface area contributed by atoms with Gasteiger partial charge in [0.1, 0.15) is 0 Å². The maximum atomic E-state index is 13.0. The van der Waals surface area contributed by atoms with Crippen molar-refractivity contribution < 1.29 is 37.4 Å². The van der Waals surface area contributed by atoms with Crippen molar-refractivity contribution in [1.82, 2.24) is 15.1 Å². The summed E-state index contributed by atoms with van der Waals surface area (Å²) in [6.07, 6.45) is -2.74. The fraction of sp³-hybridized carbons (Fsp3) is 0.571. The molecule has 184 valence electrons.